The van der Waals surface area contributed by atoms with Gasteiger partial charge in [0.2, 0.25) is 0 Å². The molecule has 1 aromatic carbocycles. The second-order valence-corrected chi connectivity index (χ2v) is 4.94. The predicted molar refractivity (Wildman–Crippen MR) is 70.3 cm³/mol. The van der Waals surface area contributed by atoms with Gasteiger partial charge in [-0.3, -0.25) is 0 Å². The van der Waals surface area contributed by atoms with Crippen LogP contribution in [0.25, 0.3) is 0 Å². The molecular formula is C13H20BrN. The van der Waals surface area contributed by atoms with E-state index in [2.05, 4.69) is 66.4 Å². The molecule has 0 saturated heterocycles. The molecule has 0 fully saturated rings. The lowest BCUT2D eigenvalue weighted by molar-refractivity contribution is 0.451. The van der Waals surface area contributed by atoms with Gasteiger partial charge >= 0.3 is 0 Å². The minimum atomic E-state index is 0.562. The Balaban J connectivity index is 2.77. The summed E-state index contributed by atoms with van der Waals surface area (Å²) in [7, 11) is 2.05. The van der Waals surface area contributed by atoms with Crippen molar-refractivity contribution in [1.29, 1.82) is 0 Å². The van der Waals surface area contributed by atoms with E-state index in [-0.39, 0.29) is 0 Å². The minimum Gasteiger partial charge on any atom is -0.316 e. The smallest absolute Gasteiger partial charge is 0.0178 e. The molecule has 0 radical (unpaired) electrons. The molecular weight excluding hydrogens is 250 g/mol. The summed E-state index contributed by atoms with van der Waals surface area (Å²) in [5.74, 6) is 0.562. The van der Waals surface area contributed by atoms with E-state index in [0.29, 0.717) is 12.0 Å². The summed E-state index contributed by atoms with van der Waals surface area (Å²) in [4.78, 5) is 0. The van der Waals surface area contributed by atoms with Gasteiger partial charge in [-0.2, -0.15) is 0 Å². The van der Waals surface area contributed by atoms with Crippen LogP contribution in [-0.2, 0) is 0 Å². The minimum absolute atomic E-state index is 0.562. The maximum atomic E-state index is 3.52. The van der Waals surface area contributed by atoms with Crippen LogP contribution in [0.1, 0.15) is 38.2 Å². The summed E-state index contributed by atoms with van der Waals surface area (Å²) in [6, 6.07) is 9.17. The molecule has 1 nitrogen and oxygen atoms in total. The quantitative estimate of drug-likeness (QED) is 0.854. The van der Waals surface area contributed by atoms with E-state index >= 15 is 0 Å². The lowest BCUT2D eigenvalue weighted by atomic mass is 9.91. The first-order chi connectivity index (χ1) is 7.19. The van der Waals surface area contributed by atoms with Crippen LogP contribution in [0.2, 0.25) is 0 Å². The Labute approximate surface area is 101 Å². The van der Waals surface area contributed by atoms with Crippen LogP contribution in [0.15, 0.2) is 28.7 Å². The fourth-order valence-electron chi connectivity index (χ4n) is 1.98. The third-order valence-electron chi connectivity index (χ3n) is 2.95. The number of rotatable bonds is 5. The average Bonchev–Trinajstić information content (AvgIpc) is 2.25. The van der Waals surface area contributed by atoms with Crippen LogP contribution >= 0.6 is 15.9 Å². The molecule has 0 aliphatic heterocycles. The molecule has 0 bridgehead atoms. The molecule has 0 aliphatic carbocycles. The van der Waals surface area contributed by atoms with E-state index in [1.807, 2.05) is 0 Å². The molecule has 0 amide bonds. The standard InChI is InChI=1S/C13H20BrN/c1-4-6-13(15-3)10(2)11-7-5-8-12(14)9-11/h5,7-10,13,15H,4,6H2,1-3H3. The maximum Gasteiger partial charge on any atom is 0.0178 e. The topological polar surface area (TPSA) is 12.0 Å². The molecule has 0 spiro atoms. The molecule has 1 rings (SSSR count). The molecule has 2 heteroatoms. The van der Waals surface area contributed by atoms with Gasteiger partial charge in [-0.05, 0) is 37.1 Å². The lowest BCUT2D eigenvalue weighted by Gasteiger charge is -2.23. The first kappa shape index (κ1) is 12.7. The molecule has 0 aromatic heterocycles. The van der Waals surface area contributed by atoms with E-state index in [9.17, 15) is 0 Å². The molecule has 2 atom stereocenters. The van der Waals surface area contributed by atoms with E-state index < -0.39 is 0 Å². The van der Waals surface area contributed by atoms with Crippen molar-refractivity contribution in [3.63, 3.8) is 0 Å². The molecule has 2 unspecified atom stereocenters. The van der Waals surface area contributed by atoms with Crippen molar-refractivity contribution in [3.8, 4) is 0 Å². The van der Waals surface area contributed by atoms with Gasteiger partial charge < -0.3 is 5.32 Å². The van der Waals surface area contributed by atoms with Crippen LogP contribution in [0.3, 0.4) is 0 Å². The van der Waals surface area contributed by atoms with Crippen LogP contribution in [0.5, 0.6) is 0 Å². The van der Waals surface area contributed by atoms with Gasteiger partial charge in [0.15, 0.2) is 0 Å². The Morgan fingerprint density at radius 2 is 2.13 bits per heavy atom. The first-order valence-corrected chi connectivity index (χ1v) is 6.41. The van der Waals surface area contributed by atoms with E-state index in [1.54, 1.807) is 0 Å². The summed E-state index contributed by atoms with van der Waals surface area (Å²) < 4.78 is 1.17. The van der Waals surface area contributed by atoms with Crippen molar-refractivity contribution in [2.45, 2.75) is 38.6 Å². The van der Waals surface area contributed by atoms with Crippen LogP contribution in [0.4, 0.5) is 0 Å². The Morgan fingerprint density at radius 3 is 2.67 bits per heavy atom. The molecule has 0 saturated carbocycles. The van der Waals surface area contributed by atoms with Crippen molar-refractivity contribution < 1.29 is 0 Å². The van der Waals surface area contributed by atoms with Crippen LogP contribution in [-0.4, -0.2) is 13.1 Å². The predicted octanol–water partition coefficient (Wildman–Crippen LogP) is 3.94. The first-order valence-electron chi connectivity index (χ1n) is 5.61. The Morgan fingerprint density at radius 1 is 1.40 bits per heavy atom. The number of benzene rings is 1. The van der Waals surface area contributed by atoms with Gasteiger partial charge in [0.05, 0.1) is 0 Å². The summed E-state index contributed by atoms with van der Waals surface area (Å²) >= 11 is 3.52. The summed E-state index contributed by atoms with van der Waals surface area (Å²) in [6.07, 6.45) is 2.45. The zero-order chi connectivity index (χ0) is 11.3. The third-order valence-corrected chi connectivity index (χ3v) is 3.44. The fraction of sp³-hybridized carbons (Fsp3) is 0.538. The second-order valence-electron chi connectivity index (χ2n) is 4.03. The second kappa shape index (κ2) is 6.29. The Kier molecular flexibility index (Phi) is 5.34. The van der Waals surface area contributed by atoms with Gasteiger partial charge in [0.1, 0.15) is 0 Å². The zero-order valence-electron chi connectivity index (χ0n) is 9.76. The summed E-state index contributed by atoms with van der Waals surface area (Å²) in [5.41, 5.74) is 1.40. The number of hydrogen-bond acceptors (Lipinski definition) is 1. The summed E-state index contributed by atoms with van der Waals surface area (Å²) in [5, 5.41) is 3.41. The van der Waals surface area contributed by atoms with E-state index in [0.717, 1.165) is 0 Å². The number of nitrogens with one attached hydrogen (secondary N) is 1. The monoisotopic (exact) mass is 269 g/mol. The highest BCUT2D eigenvalue weighted by Crippen LogP contribution is 2.24. The highest BCUT2D eigenvalue weighted by molar-refractivity contribution is 9.10. The Hall–Kier alpha value is -0.340. The number of halogens is 1. The van der Waals surface area contributed by atoms with Gasteiger partial charge in [-0.25, -0.2) is 0 Å². The number of likely N-dealkylation sites (N-methyl/N-ethyl adjacent to an activating group) is 1. The van der Waals surface area contributed by atoms with Crippen molar-refractivity contribution >= 4 is 15.9 Å². The molecule has 1 aromatic rings. The van der Waals surface area contributed by atoms with Crippen molar-refractivity contribution in [1.82, 2.24) is 5.32 Å². The van der Waals surface area contributed by atoms with Gasteiger partial charge in [0.25, 0.3) is 0 Å². The Bertz CT molecular complexity index is 298. The fourth-order valence-corrected chi connectivity index (χ4v) is 2.39. The van der Waals surface area contributed by atoms with Crippen molar-refractivity contribution in [2.24, 2.45) is 0 Å². The lowest BCUT2D eigenvalue weighted by Crippen LogP contribution is -2.30. The third kappa shape index (κ3) is 3.62. The largest absolute Gasteiger partial charge is 0.316 e. The van der Waals surface area contributed by atoms with Gasteiger partial charge in [-0.15, -0.1) is 0 Å². The molecule has 0 heterocycles. The highest BCUT2D eigenvalue weighted by Gasteiger charge is 2.16. The van der Waals surface area contributed by atoms with E-state index in [1.165, 1.54) is 22.9 Å². The molecule has 15 heavy (non-hydrogen) atoms. The van der Waals surface area contributed by atoms with Crippen LogP contribution in [0, 0.1) is 0 Å². The zero-order valence-corrected chi connectivity index (χ0v) is 11.3. The normalized spacial score (nSPS) is 14.9. The van der Waals surface area contributed by atoms with E-state index in [4.69, 9.17) is 0 Å². The van der Waals surface area contributed by atoms with Gasteiger partial charge in [0, 0.05) is 10.5 Å². The van der Waals surface area contributed by atoms with Crippen molar-refractivity contribution in [3.05, 3.63) is 34.3 Å². The molecule has 0 aliphatic rings. The maximum absolute atomic E-state index is 3.52. The molecule has 84 valence electrons. The van der Waals surface area contributed by atoms with Crippen LogP contribution < -0.4 is 5.32 Å². The SMILES string of the molecule is CCCC(NC)C(C)c1cccc(Br)c1. The highest BCUT2D eigenvalue weighted by atomic mass is 79.9. The number of hydrogen-bond donors (Lipinski definition) is 1. The molecule has 1 N–H and O–H groups in total. The average molecular weight is 270 g/mol. The van der Waals surface area contributed by atoms with Gasteiger partial charge in [-0.1, -0.05) is 48.3 Å². The van der Waals surface area contributed by atoms with Crippen molar-refractivity contribution in [2.75, 3.05) is 7.05 Å². The summed E-state index contributed by atoms with van der Waals surface area (Å²) in [6.45, 7) is 4.52.